The average molecular weight is 163 g/mol. The lowest BCUT2D eigenvalue weighted by molar-refractivity contribution is 0.0706. The minimum absolute atomic E-state index is 0.412. The van der Waals surface area contributed by atoms with Crippen LogP contribution in [0, 0.1) is 0 Å². The van der Waals surface area contributed by atoms with Crippen molar-refractivity contribution in [3.8, 4) is 0 Å². The molecule has 12 heavy (non-hydrogen) atoms. The third-order valence-electron chi connectivity index (χ3n) is 1.53. The number of carbonyl (C=O) groups excluding carboxylic acids is 1. The van der Waals surface area contributed by atoms with E-state index in [1.165, 1.54) is 0 Å². The molecule has 1 rings (SSSR count). The highest BCUT2D eigenvalue weighted by atomic mass is 16.5. The molecule has 3 heteroatoms. The van der Waals surface area contributed by atoms with Crippen LogP contribution in [0.25, 0.3) is 6.08 Å². The summed E-state index contributed by atoms with van der Waals surface area (Å²) in [5.74, 6) is -0.523. The summed E-state index contributed by atoms with van der Waals surface area (Å²) in [6.45, 7) is 3.55. The molecule has 0 aromatic heterocycles. The van der Waals surface area contributed by atoms with Gasteiger partial charge in [0.05, 0.1) is 0 Å². The third-order valence-corrected chi connectivity index (χ3v) is 1.53. The van der Waals surface area contributed by atoms with Crippen LogP contribution in [0.1, 0.15) is 15.9 Å². The van der Waals surface area contributed by atoms with E-state index in [0.29, 0.717) is 11.1 Å². The van der Waals surface area contributed by atoms with Gasteiger partial charge in [0.1, 0.15) is 0 Å². The molecule has 62 valence electrons. The molecule has 0 bridgehead atoms. The molecule has 0 radical (unpaired) electrons. The van der Waals surface area contributed by atoms with Crippen molar-refractivity contribution in [3.05, 3.63) is 42.0 Å². The highest BCUT2D eigenvalue weighted by Crippen LogP contribution is 2.08. The Balaban J connectivity index is 3.13. The maximum absolute atomic E-state index is 11.0. The van der Waals surface area contributed by atoms with Gasteiger partial charge in [-0.05, 0) is 11.6 Å². The van der Waals surface area contributed by atoms with E-state index >= 15 is 0 Å². The zero-order chi connectivity index (χ0) is 8.97. The molecule has 0 saturated heterocycles. The van der Waals surface area contributed by atoms with E-state index in [-0.39, 0.29) is 0 Å². The van der Waals surface area contributed by atoms with Gasteiger partial charge in [-0.3, -0.25) is 10.0 Å². The molecule has 1 amide bonds. The summed E-state index contributed by atoms with van der Waals surface area (Å²) in [6, 6.07) is 6.88. The predicted octanol–water partition coefficient (Wildman–Crippen LogP) is 1.45. The minimum atomic E-state index is -0.523. The molecule has 2 N–H and O–H groups in total. The normalized spacial score (nSPS) is 9.08. The first-order valence-electron chi connectivity index (χ1n) is 3.45. The molecule has 3 nitrogen and oxygen atoms in total. The van der Waals surface area contributed by atoms with Gasteiger partial charge in [0.15, 0.2) is 0 Å². The van der Waals surface area contributed by atoms with E-state index in [4.69, 9.17) is 5.21 Å². The molecular weight excluding hydrogens is 154 g/mol. The Bertz CT molecular complexity index is 307. The Morgan fingerprint density at radius 3 is 2.75 bits per heavy atom. The van der Waals surface area contributed by atoms with Crippen molar-refractivity contribution in [1.82, 2.24) is 5.48 Å². The summed E-state index contributed by atoms with van der Waals surface area (Å²) in [5, 5.41) is 8.37. The summed E-state index contributed by atoms with van der Waals surface area (Å²) < 4.78 is 0. The number of hydroxylamine groups is 1. The SMILES string of the molecule is C=Cc1ccccc1C(=O)NO. The molecular formula is C9H9NO2. The van der Waals surface area contributed by atoms with Crippen molar-refractivity contribution in [2.45, 2.75) is 0 Å². The molecule has 0 saturated carbocycles. The average Bonchev–Trinajstić information content (AvgIpc) is 2.16. The van der Waals surface area contributed by atoms with Gasteiger partial charge in [-0.1, -0.05) is 30.9 Å². The van der Waals surface area contributed by atoms with Gasteiger partial charge >= 0.3 is 0 Å². The zero-order valence-electron chi connectivity index (χ0n) is 6.45. The van der Waals surface area contributed by atoms with Crippen LogP contribution < -0.4 is 5.48 Å². The Labute approximate surface area is 70.3 Å². The first-order valence-corrected chi connectivity index (χ1v) is 3.45. The van der Waals surface area contributed by atoms with Gasteiger partial charge < -0.3 is 0 Å². The molecule has 0 aliphatic rings. The number of nitrogens with one attached hydrogen (secondary N) is 1. The number of carbonyl (C=O) groups is 1. The molecule has 0 aliphatic heterocycles. The molecule has 0 heterocycles. The van der Waals surface area contributed by atoms with Crippen molar-refractivity contribution in [2.75, 3.05) is 0 Å². The Morgan fingerprint density at radius 1 is 1.50 bits per heavy atom. The van der Waals surface area contributed by atoms with E-state index < -0.39 is 5.91 Å². The molecule has 0 spiro atoms. The lowest BCUT2D eigenvalue weighted by Crippen LogP contribution is -2.19. The van der Waals surface area contributed by atoms with Crippen molar-refractivity contribution in [2.24, 2.45) is 0 Å². The fourth-order valence-corrected chi connectivity index (χ4v) is 0.942. The maximum atomic E-state index is 11.0. The standard InChI is InChI=1S/C9H9NO2/c1-2-7-5-3-4-6-8(7)9(11)10-12/h2-6,12H,1H2,(H,10,11). The van der Waals surface area contributed by atoms with Crippen LogP contribution in [0.5, 0.6) is 0 Å². The molecule has 1 aromatic rings. The van der Waals surface area contributed by atoms with Crippen LogP contribution in [0.2, 0.25) is 0 Å². The highest BCUT2D eigenvalue weighted by Gasteiger charge is 2.05. The van der Waals surface area contributed by atoms with Crippen molar-refractivity contribution in [3.63, 3.8) is 0 Å². The molecule has 0 fully saturated rings. The van der Waals surface area contributed by atoms with Crippen LogP contribution in [-0.4, -0.2) is 11.1 Å². The van der Waals surface area contributed by atoms with Gasteiger partial charge in [0, 0.05) is 5.56 Å². The second kappa shape index (κ2) is 3.69. The monoisotopic (exact) mass is 163 g/mol. The number of hydrogen-bond acceptors (Lipinski definition) is 2. The number of amides is 1. The topological polar surface area (TPSA) is 49.3 Å². The number of hydrogen-bond donors (Lipinski definition) is 2. The van der Waals surface area contributed by atoms with Gasteiger partial charge in [-0.15, -0.1) is 0 Å². The molecule has 0 aliphatic carbocycles. The van der Waals surface area contributed by atoms with Crippen LogP contribution >= 0.6 is 0 Å². The molecule has 0 unspecified atom stereocenters. The Kier molecular flexibility index (Phi) is 2.61. The van der Waals surface area contributed by atoms with Crippen molar-refractivity contribution in [1.29, 1.82) is 0 Å². The first-order chi connectivity index (χ1) is 5.79. The van der Waals surface area contributed by atoms with E-state index in [9.17, 15) is 4.79 Å². The summed E-state index contributed by atoms with van der Waals surface area (Å²) in [5.41, 5.74) is 2.68. The summed E-state index contributed by atoms with van der Waals surface area (Å²) >= 11 is 0. The van der Waals surface area contributed by atoms with E-state index in [1.807, 2.05) is 0 Å². The highest BCUT2D eigenvalue weighted by molar-refractivity contribution is 5.96. The van der Waals surface area contributed by atoms with E-state index in [2.05, 4.69) is 6.58 Å². The number of benzene rings is 1. The van der Waals surface area contributed by atoms with Crippen molar-refractivity contribution < 1.29 is 10.0 Å². The molecule has 1 aromatic carbocycles. The van der Waals surface area contributed by atoms with Crippen LogP contribution in [0.4, 0.5) is 0 Å². The van der Waals surface area contributed by atoms with Gasteiger partial charge in [0.2, 0.25) is 0 Å². The summed E-state index contributed by atoms with van der Waals surface area (Å²) in [7, 11) is 0. The van der Waals surface area contributed by atoms with Crippen molar-refractivity contribution >= 4 is 12.0 Å². The lowest BCUT2D eigenvalue weighted by atomic mass is 10.1. The fourth-order valence-electron chi connectivity index (χ4n) is 0.942. The predicted molar refractivity (Wildman–Crippen MR) is 45.8 cm³/mol. The fraction of sp³-hybridized carbons (Fsp3) is 0. The maximum Gasteiger partial charge on any atom is 0.275 e. The van der Waals surface area contributed by atoms with Gasteiger partial charge in [0.25, 0.3) is 5.91 Å². The second-order valence-corrected chi connectivity index (χ2v) is 2.23. The third kappa shape index (κ3) is 1.52. The largest absolute Gasteiger partial charge is 0.288 e. The smallest absolute Gasteiger partial charge is 0.275 e. The lowest BCUT2D eigenvalue weighted by Gasteiger charge is -2.01. The van der Waals surface area contributed by atoms with E-state index in [0.717, 1.165) is 0 Å². The van der Waals surface area contributed by atoms with Gasteiger partial charge in [-0.2, -0.15) is 0 Å². The first kappa shape index (κ1) is 8.49. The number of rotatable bonds is 2. The van der Waals surface area contributed by atoms with Crippen LogP contribution in [0.3, 0.4) is 0 Å². The van der Waals surface area contributed by atoms with Crippen LogP contribution in [-0.2, 0) is 0 Å². The summed E-state index contributed by atoms with van der Waals surface area (Å²) in [6.07, 6.45) is 1.56. The summed E-state index contributed by atoms with van der Waals surface area (Å²) in [4.78, 5) is 11.0. The minimum Gasteiger partial charge on any atom is -0.288 e. The second-order valence-electron chi connectivity index (χ2n) is 2.23. The Morgan fingerprint density at radius 2 is 2.17 bits per heavy atom. The zero-order valence-corrected chi connectivity index (χ0v) is 6.45. The Hall–Kier alpha value is -1.61. The van der Waals surface area contributed by atoms with E-state index in [1.54, 1.807) is 35.8 Å². The quantitative estimate of drug-likeness (QED) is 0.512. The van der Waals surface area contributed by atoms with Gasteiger partial charge in [-0.25, -0.2) is 5.48 Å². The van der Waals surface area contributed by atoms with Crippen LogP contribution in [0.15, 0.2) is 30.8 Å². The molecule has 0 atom stereocenters.